The van der Waals surface area contributed by atoms with Gasteiger partial charge in [-0.2, -0.15) is 0 Å². The molecule has 0 bridgehead atoms. The van der Waals surface area contributed by atoms with E-state index in [1.54, 1.807) is 24.3 Å². The highest BCUT2D eigenvalue weighted by molar-refractivity contribution is 6.28. The van der Waals surface area contributed by atoms with E-state index in [1.165, 1.54) is 10.4 Å². The molecule has 0 radical (unpaired) electrons. The molecule has 0 saturated heterocycles. The highest BCUT2D eigenvalue weighted by Crippen LogP contribution is 2.26. The van der Waals surface area contributed by atoms with Crippen LogP contribution >= 0.6 is 11.6 Å². The second-order valence-corrected chi connectivity index (χ2v) is 4.96. The first-order valence-electron chi connectivity index (χ1n) is 6.52. The third kappa shape index (κ3) is 2.36. The van der Waals surface area contributed by atoms with Gasteiger partial charge in [-0.15, -0.1) is 0 Å². The molecule has 1 aliphatic rings. The summed E-state index contributed by atoms with van der Waals surface area (Å²) in [5.74, 6) is -0.551. The maximum Gasteiger partial charge on any atom is 0.261 e. The quantitative estimate of drug-likeness (QED) is 0.812. The molecule has 4 heteroatoms. The molecule has 0 saturated carbocycles. The summed E-state index contributed by atoms with van der Waals surface area (Å²) in [5.41, 5.74) is 3.93. The van der Waals surface area contributed by atoms with E-state index in [9.17, 15) is 9.59 Å². The summed E-state index contributed by atoms with van der Waals surface area (Å²) in [7, 11) is 0. The van der Waals surface area contributed by atoms with Gasteiger partial charge in [0.15, 0.2) is 0 Å². The van der Waals surface area contributed by atoms with Gasteiger partial charge in [-0.1, -0.05) is 54.1 Å². The van der Waals surface area contributed by atoms with E-state index in [1.807, 2.05) is 30.3 Å². The summed E-state index contributed by atoms with van der Waals surface area (Å²) in [6.07, 6.45) is 0. The van der Waals surface area contributed by atoms with Crippen molar-refractivity contribution in [2.45, 2.75) is 0 Å². The van der Waals surface area contributed by atoms with Crippen molar-refractivity contribution in [3.8, 4) is 0 Å². The minimum atomic E-state index is -0.275. The Labute approximate surface area is 127 Å². The Balaban J connectivity index is 1.90. The van der Waals surface area contributed by atoms with E-state index in [0.29, 0.717) is 11.1 Å². The number of nitrogens with zero attached hydrogens (tertiary/aromatic N) is 1. The van der Waals surface area contributed by atoms with Crippen LogP contribution in [0.2, 0.25) is 0 Å². The molecular weight excluding hydrogens is 286 g/mol. The molecule has 0 atom stereocenters. The zero-order valence-corrected chi connectivity index (χ0v) is 11.9. The Bertz CT molecular complexity index is 702. The number of benzene rings is 2. The van der Waals surface area contributed by atoms with Crippen LogP contribution in [0.1, 0.15) is 26.3 Å². The number of halogens is 1. The van der Waals surface area contributed by atoms with Crippen LogP contribution < -0.4 is 0 Å². The zero-order valence-electron chi connectivity index (χ0n) is 11.1. The van der Waals surface area contributed by atoms with Crippen molar-refractivity contribution in [3.05, 3.63) is 76.8 Å². The molecule has 0 unspecified atom stereocenters. The van der Waals surface area contributed by atoms with Gasteiger partial charge in [0.2, 0.25) is 0 Å². The van der Waals surface area contributed by atoms with E-state index >= 15 is 0 Å². The Hall–Kier alpha value is -2.39. The Morgan fingerprint density at radius 1 is 0.905 bits per heavy atom. The zero-order chi connectivity index (χ0) is 14.8. The highest BCUT2D eigenvalue weighted by Gasteiger charge is 2.35. The Kier molecular flexibility index (Phi) is 3.59. The highest BCUT2D eigenvalue weighted by atomic mass is 35.5. The average Bonchev–Trinajstić information content (AvgIpc) is 2.78. The summed E-state index contributed by atoms with van der Waals surface area (Å²) < 4.78 is 0. The SMILES string of the molecule is O=C1c2ccccc2C(=O)N1CC(=CCl)c1ccccc1. The third-order valence-electron chi connectivity index (χ3n) is 3.48. The fourth-order valence-corrected chi connectivity index (χ4v) is 2.59. The van der Waals surface area contributed by atoms with Gasteiger partial charge in [-0.05, 0) is 23.3 Å². The van der Waals surface area contributed by atoms with Crippen LogP contribution in [0.25, 0.3) is 5.57 Å². The molecule has 104 valence electrons. The van der Waals surface area contributed by atoms with Gasteiger partial charge in [0, 0.05) is 5.54 Å². The van der Waals surface area contributed by atoms with Crippen molar-refractivity contribution in [1.29, 1.82) is 0 Å². The minimum Gasteiger partial charge on any atom is -0.270 e. The van der Waals surface area contributed by atoms with Gasteiger partial charge in [0.05, 0.1) is 17.7 Å². The van der Waals surface area contributed by atoms with Crippen molar-refractivity contribution < 1.29 is 9.59 Å². The van der Waals surface area contributed by atoms with Crippen LogP contribution in [0.4, 0.5) is 0 Å². The summed E-state index contributed by atoms with van der Waals surface area (Å²) >= 11 is 5.88. The number of amides is 2. The summed E-state index contributed by atoms with van der Waals surface area (Å²) in [6, 6.07) is 16.3. The summed E-state index contributed by atoms with van der Waals surface area (Å²) in [6.45, 7) is 0.167. The lowest BCUT2D eigenvalue weighted by Crippen LogP contribution is -2.31. The van der Waals surface area contributed by atoms with Crippen molar-refractivity contribution in [3.63, 3.8) is 0 Å². The number of hydrogen-bond acceptors (Lipinski definition) is 2. The van der Waals surface area contributed by atoms with Gasteiger partial charge >= 0.3 is 0 Å². The number of carbonyl (C=O) groups excluding carboxylic acids is 2. The third-order valence-corrected chi connectivity index (χ3v) is 3.75. The van der Waals surface area contributed by atoms with Crippen LogP contribution in [0, 0.1) is 0 Å². The van der Waals surface area contributed by atoms with Crippen LogP contribution in [-0.2, 0) is 0 Å². The standard InChI is InChI=1S/C17H12ClNO2/c18-10-13(12-6-2-1-3-7-12)11-19-16(20)14-8-4-5-9-15(14)17(19)21/h1-10H,11H2. The predicted octanol–water partition coefficient (Wildman–Crippen LogP) is 3.56. The minimum absolute atomic E-state index is 0.167. The second-order valence-electron chi connectivity index (χ2n) is 4.74. The van der Waals surface area contributed by atoms with E-state index < -0.39 is 0 Å². The second kappa shape index (κ2) is 5.54. The molecule has 2 amide bonds. The first kappa shape index (κ1) is 13.6. The monoisotopic (exact) mass is 297 g/mol. The Morgan fingerprint density at radius 3 is 1.95 bits per heavy atom. The number of carbonyl (C=O) groups is 2. The van der Waals surface area contributed by atoms with Crippen LogP contribution in [-0.4, -0.2) is 23.3 Å². The fraction of sp³-hybridized carbons (Fsp3) is 0.0588. The van der Waals surface area contributed by atoms with E-state index in [0.717, 1.165) is 11.1 Å². The first-order valence-corrected chi connectivity index (χ1v) is 6.96. The maximum atomic E-state index is 12.3. The molecule has 3 rings (SSSR count). The number of fused-ring (bicyclic) bond motifs is 1. The first-order chi connectivity index (χ1) is 10.2. The topological polar surface area (TPSA) is 37.4 Å². The molecule has 3 nitrogen and oxygen atoms in total. The fourth-order valence-electron chi connectivity index (χ4n) is 2.39. The van der Waals surface area contributed by atoms with Gasteiger partial charge in [-0.25, -0.2) is 0 Å². The smallest absolute Gasteiger partial charge is 0.261 e. The van der Waals surface area contributed by atoms with Crippen LogP contribution in [0.15, 0.2) is 60.1 Å². The molecule has 0 aromatic heterocycles. The van der Waals surface area contributed by atoms with Gasteiger partial charge in [0.25, 0.3) is 11.8 Å². The largest absolute Gasteiger partial charge is 0.270 e. The van der Waals surface area contributed by atoms with Crippen molar-refractivity contribution in [2.24, 2.45) is 0 Å². The molecule has 0 aliphatic carbocycles. The molecule has 21 heavy (non-hydrogen) atoms. The number of rotatable bonds is 3. The van der Waals surface area contributed by atoms with Crippen LogP contribution in [0.5, 0.6) is 0 Å². The molecule has 2 aromatic rings. The molecule has 0 fully saturated rings. The summed E-state index contributed by atoms with van der Waals surface area (Å²) in [5, 5.41) is 0. The normalized spacial score (nSPS) is 14.5. The van der Waals surface area contributed by atoms with Crippen molar-refractivity contribution in [1.82, 2.24) is 4.90 Å². The molecule has 1 heterocycles. The van der Waals surface area contributed by atoms with Gasteiger partial charge in [-0.3, -0.25) is 14.5 Å². The molecule has 0 spiro atoms. The van der Waals surface area contributed by atoms with Gasteiger partial charge < -0.3 is 0 Å². The average molecular weight is 298 g/mol. The number of imide groups is 1. The number of hydrogen-bond donors (Lipinski definition) is 0. The maximum absolute atomic E-state index is 12.3. The van der Waals surface area contributed by atoms with Gasteiger partial charge in [0.1, 0.15) is 0 Å². The lowest BCUT2D eigenvalue weighted by Gasteiger charge is -2.16. The van der Waals surface area contributed by atoms with Crippen LogP contribution in [0.3, 0.4) is 0 Å². The Morgan fingerprint density at radius 2 is 1.43 bits per heavy atom. The van der Waals surface area contributed by atoms with E-state index in [-0.39, 0.29) is 18.4 Å². The predicted molar refractivity (Wildman–Crippen MR) is 82.1 cm³/mol. The molecular formula is C17H12ClNO2. The van der Waals surface area contributed by atoms with Crippen molar-refractivity contribution >= 4 is 29.0 Å². The summed E-state index contributed by atoms with van der Waals surface area (Å²) in [4.78, 5) is 25.9. The molecule has 0 N–H and O–H groups in total. The molecule has 2 aromatic carbocycles. The molecule has 1 aliphatic heterocycles. The lowest BCUT2D eigenvalue weighted by molar-refractivity contribution is 0.0675. The van der Waals surface area contributed by atoms with E-state index in [4.69, 9.17) is 11.6 Å². The van der Waals surface area contributed by atoms with E-state index in [2.05, 4.69) is 0 Å². The van der Waals surface area contributed by atoms with Crippen molar-refractivity contribution in [2.75, 3.05) is 6.54 Å². The lowest BCUT2D eigenvalue weighted by atomic mass is 10.1.